The van der Waals surface area contributed by atoms with Gasteiger partial charge in [0.05, 0.1) is 12.3 Å². The number of amides is 1. The summed E-state index contributed by atoms with van der Waals surface area (Å²) in [5.41, 5.74) is 9.10. The maximum Gasteiger partial charge on any atom is 0.228 e. The first-order chi connectivity index (χ1) is 12.2. The fourth-order valence-corrected chi connectivity index (χ4v) is 3.71. The van der Waals surface area contributed by atoms with Crippen molar-refractivity contribution in [1.82, 2.24) is 4.98 Å². The molecule has 1 aliphatic heterocycles. The first-order valence-electron chi connectivity index (χ1n) is 8.98. The molecule has 1 saturated carbocycles. The average Bonchev–Trinajstić information content (AvgIpc) is 3.09. The summed E-state index contributed by atoms with van der Waals surface area (Å²) in [5.74, 6) is 1.58. The molecular weight excluding hydrogens is 314 g/mol. The predicted molar refractivity (Wildman–Crippen MR) is 97.4 cm³/mol. The molecule has 0 radical (unpaired) electrons. The highest BCUT2D eigenvalue weighted by molar-refractivity contribution is 5.92. The summed E-state index contributed by atoms with van der Waals surface area (Å²) >= 11 is 0. The van der Waals surface area contributed by atoms with Gasteiger partial charge in [0.25, 0.3) is 0 Å². The van der Waals surface area contributed by atoms with Crippen LogP contribution in [0.2, 0.25) is 0 Å². The van der Waals surface area contributed by atoms with E-state index in [1.54, 1.807) is 0 Å². The quantitative estimate of drug-likeness (QED) is 0.902. The van der Waals surface area contributed by atoms with E-state index in [9.17, 15) is 4.79 Å². The smallest absolute Gasteiger partial charge is 0.228 e. The second-order valence-electron chi connectivity index (χ2n) is 6.94. The second-order valence-corrected chi connectivity index (χ2v) is 6.94. The summed E-state index contributed by atoms with van der Waals surface area (Å²) < 4.78 is 5.55. The number of hydrogen-bond donors (Lipinski definition) is 2. The zero-order valence-corrected chi connectivity index (χ0v) is 14.2. The number of fused-ring (bicyclic) bond motifs is 1. The van der Waals surface area contributed by atoms with E-state index in [0.29, 0.717) is 5.82 Å². The molecule has 1 aromatic heterocycles. The summed E-state index contributed by atoms with van der Waals surface area (Å²) in [6.07, 6.45) is 4.63. The van der Waals surface area contributed by atoms with Crippen LogP contribution in [0.3, 0.4) is 0 Å². The molecule has 1 amide bonds. The number of aromatic nitrogens is 1. The molecule has 2 heterocycles. The van der Waals surface area contributed by atoms with Gasteiger partial charge in [-0.25, -0.2) is 4.98 Å². The van der Waals surface area contributed by atoms with E-state index >= 15 is 0 Å². The third-order valence-electron chi connectivity index (χ3n) is 5.07. The molecule has 0 bridgehead atoms. The highest BCUT2D eigenvalue weighted by atomic mass is 16.5. The van der Waals surface area contributed by atoms with Crippen molar-refractivity contribution in [3.63, 3.8) is 0 Å². The lowest BCUT2D eigenvalue weighted by Gasteiger charge is -2.25. The van der Waals surface area contributed by atoms with Crippen LogP contribution >= 0.6 is 0 Å². The fraction of sp³-hybridized carbons (Fsp3) is 0.400. The van der Waals surface area contributed by atoms with Gasteiger partial charge in [0.2, 0.25) is 5.91 Å². The maximum absolute atomic E-state index is 12.5. The largest absolute Gasteiger partial charge is 0.493 e. The van der Waals surface area contributed by atoms with Gasteiger partial charge in [0.1, 0.15) is 11.6 Å². The SMILES string of the molecule is NC1CCCC(C(=O)Nc2cccc(-c3ccc4c(c3)CCO4)n2)C1. The van der Waals surface area contributed by atoms with Crippen molar-refractivity contribution in [3.8, 4) is 17.0 Å². The minimum Gasteiger partial charge on any atom is -0.493 e. The molecule has 1 fully saturated rings. The van der Waals surface area contributed by atoms with E-state index in [1.165, 1.54) is 5.56 Å². The molecular formula is C20H23N3O2. The second kappa shape index (κ2) is 6.84. The van der Waals surface area contributed by atoms with Gasteiger partial charge in [-0.15, -0.1) is 0 Å². The van der Waals surface area contributed by atoms with Crippen LogP contribution in [0.1, 0.15) is 31.2 Å². The Balaban J connectivity index is 1.50. The number of ether oxygens (including phenoxy) is 1. The van der Waals surface area contributed by atoms with Crippen LogP contribution < -0.4 is 15.8 Å². The third-order valence-corrected chi connectivity index (χ3v) is 5.07. The summed E-state index contributed by atoms with van der Waals surface area (Å²) in [4.78, 5) is 17.1. The number of carbonyl (C=O) groups is 1. The molecule has 1 aromatic carbocycles. The predicted octanol–water partition coefficient (Wildman–Crippen LogP) is 3.14. The first-order valence-corrected chi connectivity index (χ1v) is 8.98. The lowest BCUT2D eigenvalue weighted by molar-refractivity contribution is -0.120. The third kappa shape index (κ3) is 3.51. The first kappa shape index (κ1) is 16.1. The van der Waals surface area contributed by atoms with Crippen molar-refractivity contribution in [2.24, 2.45) is 11.7 Å². The van der Waals surface area contributed by atoms with E-state index in [2.05, 4.69) is 16.4 Å². The van der Waals surface area contributed by atoms with Gasteiger partial charge in [-0.3, -0.25) is 4.79 Å². The van der Waals surface area contributed by atoms with Gasteiger partial charge < -0.3 is 15.8 Å². The van der Waals surface area contributed by atoms with Gasteiger partial charge in [-0.1, -0.05) is 12.5 Å². The Hall–Kier alpha value is -2.40. The van der Waals surface area contributed by atoms with Crippen molar-refractivity contribution in [2.45, 2.75) is 38.1 Å². The number of rotatable bonds is 3. The molecule has 0 spiro atoms. The van der Waals surface area contributed by atoms with Crippen molar-refractivity contribution in [3.05, 3.63) is 42.0 Å². The Bertz CT molecular complexity index is 790. The lowest BCUT2D eigenvalue weighted by atomic mass is 9.85. The van der Waals surface area contributed by atoms with Crippen LogP contribution in [0.4, 0.5) is 5.82 Å². The summed E-state index contributed by atoms with van der Waals surface area (Å²) in [6.45, 7) is 0.742. The molecule has 2 atom stereocenters. The average molecular weight is 337 g/mol. The van der Waals surface area contributed by atoms with Gasteiger partial charge >= 0.3 is 0 Å². The highest BCUT2D eigenvalue weighted by Crippen LogP contribution is 2.30. The van der Waals surface area contributed by atoms with Crippen LogP contribution in [0.25, 0.3) is 11.3 Å². The van der Waals surface area contributed by atoms with Crippen molar-refractivity contribution >= 4 is 11.7 Å². The normalized spacial score (nSPS) is 22.1. The highest BCUT2D eigenvalue weighted by Gasteiger charge is 2.25. The number of hydrogen-bond acceptors (Lipinski definition) is 4. The molecule has 2 unspecified atom stereocenters. The van der Waals surface area contributed by atoms with E-state index in [1.807, 2.05) is 30.3 Å². The van der Waals surface area contributed by atoms with E-state index in [0.717, 1.165) is 55.7 Å². The molecule has 5 nitrogen and oxygen atoms in total. The number of carbonyl (C=O) groups excluding carboxylic acids is 1. The Morgan fingerprint density at radius 1 is 1.24 bits per heavy atom. The van der Waals surface area contributed by atoms with Crippen LogP contribution in [-0.2, 0) is 11.2 Å². The summed E-state index contributed by atoms with van der Waals surface area (Å²) in [5, 5.41) is 2.96. The van der Waals surface area contributed by atoms with Crippen molar-refractivity contribution < 1.29 is 9.53 Å². The maximum atomic E-state index is 12.5. The summed E-state index contributed by atoms with van der Waals surface area (Å²) in [6, 6.07) is 12.0. The monoisotopic (exact) mass is 337 g/mol. The molecule has 0 saturated heterocycles. The molecule has 130 valence electrons. The molecule has 4 rings (SSSR count). The van der Waals surface area contributed by atoms with Crippen molar-refractivity contribution in [1.29, 1.82) is 0 Å². The number of nitrogens with two attached hydrogens (primary N) is 1. The number of anilines is 1. The van der Waals surface area contributed by atoms with Crippen LogP contribution in [0.5, 0.6) is 5.75 Å². The zero-order chi connectivity index (χ0) is 17.2. The van der Waals surface area contributed by atoms with Gasteiger partial charge in [0.15, 0.2) is 0 Å². The van der Waals surface area contributed by atoms with Gasteiger partial charge in [-0.05, 0) is 55.2 Å². The number of benzene rings is 1. The van der Waals surface area contributed by atoms with E-state index < -0.39 is 0 Å². The Morgan fingerprint density at radius 2 is 2.16 bits per heavy atom. The van der Waals surface area contributed by atoms with E-state index in [4.69, 9.17) is 10.5 Å². The number of nitrogens with one attached hydrogen (secondary N) is 1. The summed E-state index contributed by atoms with van der Waals surface area (Å²) in [7, 11) is 0. The van der Waals surface area contributed by atoms with Crippen LogP contribution in [0.15, 0.2) is 36.4 Å². The fourth-order valence-electron chi connectivity index (χ4n) is 3.71. The van der Waals surface area contributed by atoms with Gasteiger partial charge in [-0.2, -0.15) is 0 Å². The number of pyridine rings is 1. The topological polar surface area (TPSA) is 77.2 Å². The minimum atomic E-state index is -0.00801. The van der Waals surface area contributed by atoms with E-state index in [-0.39, 0.29) is 17.9 Å². The molecule has 25 heavy (non-hydrogen) atoms. The Labute approximate surface area is 147 Å². The Morgan fingerprint density at radius 3 is 3.04 bits per heavy atom. The lowest BCUT2D eigenvalue weighted by Crippen LogP contribution is -2.34. The molecule has 3 N–H and O–H groups in total. The van der Waals surface area contributed by atoms with Gasteiger partial charge in [0, 0.05) is 23.9 Å². The molecule has 1 aliphatic carbocycles. The minimum absolute atomic E-state index is 0.00801. The standard InChI is InChI=1S/C20H23N3O2/c21-16-4-1-3-15(12-16)20(24)23-19-6-2-5-17(22-19)13-7-8-18-14(11-13)9-10-25-18/h2,5-8,11,15-16H,1,3-4,9-10,12,21H2,(H,22,23,24). The molecule has 5 heteroatoms. The molecule has 2 aliphatic rings. The Kier molecular flexibility index (Phi) is 4.40. The van der Waals surface area contributed by atoms with Crippen LogP contribution in [0, 0.1) is 5.92 Å². The van der Waals surface area contributed by atoms with Crippen molar-refractivity contribution in [2.75, 3.05) is 11.9 Å². The number of nitrogens with zero attached hydrogens (tertiary/aromatic N) is 1. The zero-order valence-electron chi connectivity index (χ0n) is 14.2. The molecule has 2 aromatic rings. The van der Waals surface area contributed by atoms with Crippen LogP contribution in [-0.4, -0.2) is 23.5 Å².